The molecule has 5 heteroatoms. The first-order chi connectivity index (χ1) is 9.25. The third-order valence-electron chi connectivity index (χ3n) is 3.33. The van der Waals surface area contributed by atoms with E-state index in [1.54, 1.807) is 24.4 Å². The topological polar surface area (TPSA) is 71.1 Å². The van der Waals surface area contributed by atoms with Gasteiger partial charge < -0.3 is 10.6 Å². The quantitative estimate of drug-likeness (QED) is 0.867. The molecule has 0 spiro atoms. The minimum Gasteiger partial charge on any atom is -0.347 e. The molecule has 1 aromatic heterocycles. The van der Waals surface area contributed by atoms with Crippen LogP contribution in [0.2, 0.25) is 0 Å². The lowest BCUT2D eigenvalue weighted by atomic mass is 9.89. The Morgan fingerprint density at radius 2 is 2.00 bits per heavy atom. The van der Waals surface area contributed by atoms with Crippen molar-refractivity contribution in [2.45, 2.75) is 32.1 Å². The summed E-state index contributed by atoms with van der Waals surface area (Å²) >= 11 is 0. The molecule has 102 valence electrons. The summed E-state index contributed by atoms with van der Waals surface area (Å²) in [4.78, 5) is 27.5. The van der Waals surface area contributed by atoms with E-state index in [-0.39, 0.29) is 24.3 Å². The second-order valence-corrected chi connectivity index (χ2v) is 4.82. The van der Waals surface area contributed by atoms with E-state index in [4.69, 9.17) is 0 Å². The van der Waals surface area contributed by atoms with Gasteiger partial charge in [-0.3, -0.25) is 9.59 Å². The molecule has 0 bridgehead atoms. The molecule has 0 radical (unpaired) electrons. The van der Waals surface area contributed by atoms with E-state index in [9.17, 15) is 9.59 Å². The highest BCUT2D eigenvalue weighted by Gasteiger charge is 2.21. The van der Waals surface area contributed by atoms with Crippen molar-refractivity contribution in [1.82, 2.24) is 10.3 Å². The summed E-state index contributed by atoms with van der Waals surface area (Å²) < 4.78 is 0. The summed E-state index contributed by atoms with van der Waals surface area (Å²) in [6, 6.07) is 5.28. The van der Waals surface area contributed by atoms with Crippen LogP contribution in [0.1, 0.15) is 32.1 Å². The number of anilines is 1. The zero-order chi connectivity index (χ0) is 13.5. The molecule has 19 heavy (non-hydrogen) atoms. The molecule has 2 rings (SSSR count). The normalized spacial score (nSPS) is 15.8. The Labute approximate surface area is 112 Å². The van der Waals surface area contributed by atoms with E-state index in [1.807, 2.05) is 0 Å². The Balaban J connectivity index is 1.72. The minimum absolute atomic E-state index is 0.00382. The van der Waals surface area contributed by atoms with Crippen molar-refractivity contribution < 1.29 is 9.59 Å². The number of carbonyl (C=O) groups excluding carboxylic acids is 2. The number of rotatable bonds is 4. The third-order valence-corrected chi connectivity index (χ3v) is 3.33. The lowest BCUT2D eigenvalue weighted by Crippen LogP contribution is -2.37. The monoisotopic (exact) mass is 261 g/mol. The van der Waals surface area contributed by atoms with Crippen LogP contribution in [0, 0.1) is 5.92 Å². The Kier molecular flexibility index (Phi) is 4.89. The third kappa shape index (κ3) is 4.35. The van der Waals surface area contributed by atoms with E-state index in [0.29, 0.717) is 5.82 Å². The second kappa shape index (κ2) is 6.87. The van der Waals surface area contributed by atoms with E-state index < -0.39 is 0 Å². The fourth-order valence-corrected chi connectivity index (χ4v) is 2.30. The van der Waals surface area contributed by atoms with Crippen molar-refractivity contribution in [2.75, 3.05) is 11.9 Å². The van der Waals surface area contributed by atoms with Gasteiger partial charge >= 0.3 is 0 Å². The van der Waals surface area contributed by atoms with Gasteiger partial charge in [0.05, 0.1) is 6.54 Å². The van der Waals surface area contributed by atoms with Crippen LogP contribution in [-0.2, 0) is 9.59 Å². The van der Waals surface area contributed by atoms with Gasteiger partial charge in [-0.25, -0.2) is 4.98 Å². The smallest absolute Gasteiger partial charge is 0.244 e. The Hall–Kier alpha value is -1.91. The number of amides is 2. The molecule has 0 saturated heterocycles. The zero-order valence-corrected chi connectivity index (χ0v) is 10.9. The van der Waals surface area contributed by atoms with Crippen molar-refractivity contribution in [2.24, 2.45) is 5.92 Å². The maximum absolute atomic E-state index is 11.8. The molecular formula is C14H19N3O2. The molecule has 1 saturated carbocycles. The number of nitrogens with zero attached hydrogens (tertiary/aromatic N) is 1. The van der Waals surface area contributed by atoms with Gasteiger partial charge in [0.1, 0.15) is 5.82 Å². The highest BCUT2D eigenvalue weighted by Crippen LogP contribution is 2.23. The van der Waals surface area contributed by atoms with Crippen LogP contribution >= 0.6 is 0 Å². The van der Waals surface area contributed by atoms with Gasteiger partial charge in [-0.15, -0.1) is 0 Å². The van der Waals surface area contributed by atoms with Gasteiger partial charge in [0, 0.05) is 12.1 Å². The molecular weight excluding hydrogens is 242 g/mol. The van der Waals surface area contributed by atoms with Gasteiger partial charge in [-0.1, -0.05) is 25.3 Å². The maximum Gasteiger partial charge on any atom is 0.244 e. The molecule has 1 aliphatic rings. The molecule has 0 atom stereocenters. The second-order valence-electron chi connectivity index (χ2n) is 4.82. The van der Waals surface area contributed by atoms with Crippen LogP contribution in [0.15, 0.2) is 24.4 Å². The van der Waals surface area contributed by atoms with Gasteiger partial charge in [0.2, 0.25) is 11.8 Å². The van der Waals surface area contributed by atoms with Gasteiger partial charge in [0.15, 0.2) is 0 Å². The average molecular weight is 261 g/mol. The summed E-state index contributed by atoms with van der Waals surface area (Å²) in [6.45, 7) is 0.00586. The number of nitrogens with one attached hydrogen (secondary N) is 2. The number of hydrogen-bond donors (Lipinski definition) is 2. The molecule has 1 fully saturated rings. The van der Waals surface area contributed by atoms with Crippen molar-refractivity contribution in [3.8, 4) is 0 Å². The van der Waals surface area contributed by atoms with E-state index >= 15 is 0 Å². The fraction of sp³-hybridized carbons (Fsp3) is 0.500. The van der Waals surface area contributed by atoms with Gasteiger partial charge in [-0.2, -0.15) is 0 Å². The number of aromatic nitrogens is 1. The van der Waals surface area contributed by atoms with Crippen molar-refractivity contribution in [1.29, 1.82) is 0 Å². The van der Waals surface area contributed by atoms with Crippen molar-refractivity contribution in [3.05, 3.63) is 24.4 Å². The fourth-order valence-electron chi connectivity index (χ4n) is 2.30. The van der Waals surface area contributed by atoms with Crippen LogP contribution < -0.4 is 10.6 Å². The summed E-state index contributed by atoms with van der Waals surface area (Å²) in [5.74, 6) is 0.328. The number of pyridine rings is 1. The molecule has 0 aromatic carbocycles. The molecule has 1 aliphatic carbocycles. The molecule has 5 nitrogen and oxygen atoms in total. The Morgan fingerprint density at radius 1 is 1.21 bits per heavy atom. The summed E-state index contributed by atoms with van der Waals surface area (Å²) in [7, 11) is 0. The highest BCUT2D eigenvalue weighted by molar-refractivity contribution is 5.94. The molecule has 2 N–H and O–H groups in total. The van der Waals surface area contributed by atoms with Crippen molar-refractivity contribution >= 4 is 17.6 Å². The van der Waals surface area contributed by atoms with E-state index in [1.165, 1.54) is 6.42 Å². The van der Waals surface area contributed by atoms with Crippen LogP contribution in [0.3, 0.4) is 0 Å². The molecule has 0 aliphatic heterocycles. The summed E-state index contributed by atoms with van der Waals surface area (Å²) in [5.41, 5.74) is 0. The highest BCUT2D eigenvalue weighted by atomic mass is 16.2. The van der Waals surface area contributed by atoms with E-state index in [0.717, 1.165) is 25.7 Å². The number of carbonyl (C=O) groups is 2. The van der Waals surface area contributed by atoms with Crippen LogP contribution in [0.25, 0.3) is 0 Å². The predicted octanol–water partition coefficient (Wildman–Crippen LogP) is 1.72. The van der Waals surface area contributed by atoms with Crippen LogP contribution in [0.4, 0.5) is 5.82 Å². The van der Waals surface area contributed by atoms with Gasteiger partial charge in [0.25, 0.3) is 0 Å². The predicted molar refractivity (Wildman–Crippen MR) is 72.5 cm³/mol. The minimum atomic E-state index is -0.247. The molecule has 2 amide bonds. The molecule has 0 unspecified atom stereocenters. The summed E-state index contributed by atoms with van der Waals surface area (Å²) in [6.07, 6.45) is 6.91. The molecule has 1 heterocycles. The van der Waals surface area contributed by atoms with Gasteiger partial charge in [-0.05, 0) is 25.0 Å². The average Bonchev–Trinajstić information content (AvgIpc) is 2.47. The van der Waals surface area contributed by atoms with Crippen LogP contribution in [0.5, 0.6) is 0 Å². The SMILES string of the molecule is O=C(CNC(=O)C1CCCCC1)Nc1ccccn1. The number of hydrogen-bond acceptors (Lipinski definition) is 3. The summed E-state index contributed by atoms with van der Waals surface area (Å²) in [5, 5.41) is 5.33. The first-order valence-electron chi connectivity index (χ1n) is 6.74. The van der Waals surface area contributed by atoms with Crippen molar-refractivity contribution in [3.63, 3.8) is 0 Å². The first kappa shape index (κ1) is 13.5. The molecule has 1 aromatic rings. The Morgan fingerprint density at radius 3 is 2.68 bits per heavy atom. The zero-order valence-electron chi connectivity index (χ0n) is 10.9. The maximum atomic E-state index is 11.8. The largest absolute Gasteiger partial charge is 0.347 e. The Bertz CT molecular complexity index is 428. The standard InChI is InChI=1S/C14H19N3O2/c18-13(17-12-8-4-5-9-15-12)10-16-14(19)11-6-2-1-3-7-11/h4-5,8-9,11H,1-3,6-7,10H2,(H,16,19)(H,15,17,18). The van der Waals surface area contributed by atoms with E-state index in [2.05, 4.69) is 15.6 Å². The van der Waals surface area contributed by atoms with Crippen LogP contribution in [-0.4, -0.2) is 23.3 Å². The first-order valence-corrected chi connectivity index (χ1v) is 6.74. The lowest BCUT2D eigenvalue weighted by Gasteiger charge is -2.20. The lowest BCUT2D eigenvalue weighted by molar-refractivity contribution is -0.128.